The molecule has 1 saturated carbocycles. The molecule has 1 N–H and O–H groups in total. The van der Waals surface area contributed by atoms with Crippen LogP contribution in [-0.2, 0) is 5.41 Å². The third kappa shape index (κ3) is 2.96. The van der Waals surface area contributed by atoms with Gasteiger partial charge in [0, 0.05) is 5.41 Å². The van der Waals surface area contributed by atoms with Gasteiger partial charge >= 0.3 is 5.97 Å². The Morgan fingerprint density at radius 3 is 2.30 bits per heavy atom. The molecule has 0 bridgehead atoms. The zero-order valence-corrected chi connectivity index (χ0v) is 13.4. The number of carbonyl (C=O) groups is 1. The molecule has 0 atom stereocenters. The van der Waals surface area contributed by atoms with Crippen LogP contribution in [0, 0.1) is 0 Å². The summed E-state index contributed by atoms with van der Waals surface area (Å²) in [6.45, 7) is 0. The molecule has 3 nitrogen and oxygen atoms in total. The number of carboxylic acid groups (broad SMARTS) is 1. The van der Waals surface area contributed by atoms with Crippen LogP contribution in [-0.4, -0.2) is 18.2 Å². The highest BCUT2D eigenvalue weighted by Crippen LogP contribution is 2.45. The third-order valence-corrected chi connectivity index (χ3v) is 5.01. The first-order chi connectivity index (χ1) is 11.2. The molecule has 120 valence electrons. The second-order valence-electron chi connectivity index (χ2n) is 6.26. The summed E-state index contributed by atoms with van der Waals surface area (Å²) in [5.74, 6) is -0.0217. The number of methoxy groups -OCH3 is 1. The molecule has 1 aliphatic carbocycles. The second-order valence-corrected chi connectivity index (χ2v) is 6.26. The predicted octanol–water partition coefficient (Wildman–Crippen LogP) is 4.64. The Morgan fingerprint density at radius 2 is 1.70 bits per heavy atom. The Bertz CT molecular complexity index is 682. The molecule has 0 radical (unpaired) electrons. The minimum atomic E-state index is -0.868. The molecule has 0 unspecified atom stereocenters. The number of rotatable bonds is 4. The van der Waals surface area contributed by atoms with Crippen molar-refractivity contribution in [2.24, 2.45) is 0 Å². The molecule has 23 heavy (non-hydrogen) atoms. The lowest BCUT2D eigenvalue weighted by atomic mass is 9.65. The van der Waals surface area contributed by atoms with Crippen molar-refractivity contribution in [2.75, 3.05) is 7.11 Å². The van der Waals surface area contributed by atoms with E-state index in [4.69, 9.17) is 4.74 Å². The fraction of sp³-hybridized carbons (Fsp3) is 0.350. The van der Waals surface area contributed by atoms with E-state index in [1.54, 1.807) is 13.2 Å². The minimum Gasteiger partial charge on any atom is -0.497 e. The molecule has 1 fully saturated rings. The smallest absolute Gasteiger partial charge is 0.335 e. The summed E-state index contributed by atoms with van der Waals surface area (Å²) in [6.07, 6.45) is 5.70. The van der Waals surface area contributed by atoms with Crippen molar-refractivity contribution in [3.8, 4) is 5.75 Å². The summed E-state index contributed by atoms with van der Waals surface area (Å²) in [4.78, 5) is 11.3. The lowest BCUT2D eigenvalue weighted by molar-refractivity contribution is 0.0696. The van der Waals surface area contributed by atoms with Gasteiger partial charge in [0.1, 0.15) is 5.75 Å². The number of benzene rings is 2. The van der Waals surface area contributed by atoms with Gasteiger partial charge in [-0.2, -0.15) is 0 Å². The highest BCUT2D eigenvalue weighted by Gasteiger charge is 2.36. The zero-order chi connectivity index (χ0) is 16.3. The molecule has 2 aromatic carbocycles. The van der Waals surface area contributed by atoms with Crippen LogP contribution in [0.1, 0.15) is 53.6 Å². The van der Waals surface area contributed by atoms with Crippen LogP contribution in [0.5, 0.6) is 5.75 Å². The minimum absolute atomic E-state index is 0.0873. The first-order valence-corrected chi connectivity index (χ1v) is 8.14. The maximum absolute atomic E-state index is 11.3. The van der Waals surface area contributed by atoms with Crippen molar-refractivity contribution in [3.05, 3.63) is 65.2 Å². The summed E-state index contributed by atoms with van der Waals surface area (Å²) in [5.41, 5.74) is 2.64. The van der Waals surface area contributed by atoms with Gasteiger partial charge in [0.15, 0.2) is 0 Å². The van der Waals surface area contributed by atoms with Gasteiger partial charge in [0.2, 0.25) is 0 Å². The van der Waals surface area contributed by atoms with Gasteiger partial charge in [-0.25, -0.2) is 4.79 Å². The number of carboxylic acids is 1. The molecular weight excluding hydrogens is 288 g/mol. The molecule has 2 aromatic rings. The molecule has 0 aromatic heterocycles. The fourth-order valence-corrected chi connectivity index (χ4v) is 3.76. The Hall–Kier alpha value is -2.29. The van der Waals surface area contributed by atoms with Crippen LogP contribution in [0.4, 0.5) is 0 Å². The van der Waals surface area contributed by atoms with Crippen molar-refractivity contribution < 1.29 is 14.6 Å². The Balaban J connectivity index is 2.09. The van der Waals surface area contributed by atoms with Crippen LogP contribution in [0.15, 0.2) is 48.5 Å². The van der Waals surface area contributed by atoms with Crippen LogP contribution in [0.3, 0.4) is 0 Å². The van der Waals surface area contributed by atoms with Gasteiger partial charge in [-0.1, -0.05) is 43.5 Å². The molecule has 0 aliphatic heterocycles. The molecule has 0 spiro atoms. The number of ether oxygens (including phenoxy) is 1. The van der Waals surface area contributed by atoms with Gasteiger partial charge in [-0.3, -0.25) is 0 Å². The van der Waals surface area contributed by atoms with E-state index in [-0.39, 0.29) is 5.41 Å². The van der Waals surface area contributed by atoms with Crippen LogP contribution in [0.2, 0.25) is 0 Å². The lowest BCUT2D eigenvalue weighted by Crippen LogP contribution is -2.30. The van der Waals surface area contributed by atoms with Gasteiger partial charge in [-0.05, 0) is 48.2 Å². The Morgan fingerprint density at radius 1 is 1.00 bits per heavy atom. The van der Waals surface area contributed by atoms with E-state index >= 15 is 0 Å². The molecule has 3 rings (SSSR count). The van der Waals surface area contributed by atoms with E-state index in [0.717, 1.165) is 24.2 Å². The standard InChI is InChI=1S/C20H22O3/c1-23-18-10-8-16(9-11-18)20(12-3-2-4-13-20)17-7-5-6-15(14-17)19(21)22/h5-11,14H,2-4,12-13H2,1H3,(H,21,22). The van der Waals surface area contributed by atoms with E-state index in [1.807, 2.05) is 24.3 Å². The average Bonchev–Trinajstić information content (AvgIpc) is 2.62. The maximum atomic E-state index is 11.3. The second kappa shape index (κ2) is 6.45. The van der Waals surface area contributed by atoms with E-state index in [2.05, 4.69) is 18.2 Å². The van der Waals surface area contributed by atoms with Gasteiger partial charge in [0.25, 0.3) is 0 Å². The highest BCUT2D eigenvalue weighted by atomic mass is 16.5. The summed E-state index contributed by atoms with van der Waals surface area (Å²) < 4.78 is 5.27. The first kappa shape index (κ1) is 15.6. The SMILES string of the molecule is COc1ccc(C2(c3cccc(C(=O)O)c3)CCCCC2)cc1. The van der Waals surface area contributed by atoms with E-state index in [1.165, 1.54) is 24.8 Å². The fourth-order valence-electron chi connectivity index (χ4n) is 3.76. The molecule has 1 aliphatic rings. The summed E-state index contributed by atoms with van der Waals surface area (Å²) >= 11 is 0. The van der Waals surface area contributed by atoms with Gasteiger partial charge < -0.3 is 9.84 Å². The first-order valence-electron chi connectivity index (χ1n) is 8.14. The lowest BCUT2D eigenvalue weighted by Gasteiger charge is -2.39. The molecule has 0 heterocycles. The van der Waals surface area contributed by atoms with Gasteiger partial charge in [-0.15, -0.1) is 0 Å². The van der Waals surface area contributed by atoms with E-state index in [0.29, 0.717) is 5.56 Å². The largest absolute Gasteiger partial charge is 0.497 e. The van der Waals surface area contributed by atoms with Crippen molar-refractivity contribution in [1.82, 2.24) is 0 Å². The summed E-state index contributed by atoms with van der Waals surface area (Å²) in [5, 5.41) is 9.31. The number of hydrogen-bond donors (Lipinski definition) is 1. The molecular formula is C20H22O3. The molecule has 0 amide bonds. The highest BCUT2D eigenvalue weighted by molar-refractivity contribution is 5.87. The zero-order valence-electron chi connectivity index (χ0n) is 13.4. The van der Waals surface area contributed by atoms with Crippen molar-refractivity contribution in [1.29, 1.82) is 0 Å². The van der Waals surface area contributed by atoms with Crippen LogP contribution in [0.25, 0.3) is 0 Å². The Kier molecular flexibility index (Phi) is 4.37. The van der Waals surface area contributed by atoms with Gasteiger partial charge in [0.05, 0.1) is 12.7 Å². The van der Waals surface area contributed by atoms with Crippen molar-refractivity contribution >= 4 is 5.97 Å². The summed E-state index contributed by atoms with van der Waals surface area (Å²) in [6, 6.07) is 15.7. The molecule has 0 saturated heterocycles. The molecule has 3 heteroatoms. The third-order valence-electron chi connectivity index (χ3n) is 5.01. The number of hydrogen-bond acceptors (Lipinski definition) is 2. The quantitative estimate of drug-likeness (QED) is 0.894. The predicted molar refractivity (Wildman–Crippen MR) is 90.3 cm³/mol. The normalized spacial score (nSPS) is 16.7. The van der Waals surface area contributed by atoms with E-state index < -0.39 is 5.97 Å². The maximum Gasteiger partial charge on any atom is 0.335 e. The monoisotopic (exact) mass is 310 g/mol. The summed E-state index contributed by atoms with van der Waals surface area (Å²) in [7, 11) is 1.67. The Labute approximate surface area is 136 Å². The van der Waals surface area contributed by atoms with Crippen LogP contribution >= 0.6 is 0 Å². The number of aromatic carboxylic acids is 1. The van der Waals surface area contributed by atoms with Crippen molar-refractivity contribution in [2.45, 2.75) is 37.5 Å². The van der Waals surface area contributed by atoms with Crippen LogP contribution < -0.4 is 4.74 Å². The average molecular weight is 310 g/mol. The topological polar surface area (TPSA) is 46.5 Å². The van der Waals surface area contributed by atoms with Crippen molar-refractivity contribution in [3.63, 3.8) is 0 Å². The van der Waals surface area contributed by atoms with E-state index in [9.17, 15) is 9.90 Å².